The molecule has 1 saturated carbocycles. The van der Waals surface area contributed by atoms with Crippen molar-refractivity contribution in [2.24, 2.45) is 11.3 Å². The Morgan fingerprint density at radius 3 is 2.15 bits per heavy atom. The van der Waals surface area contributed by atoms with Crippen LogP contribution in [0.1, 0.15) is 27.2 Å². The number of fused-ring (bicyclic) bond motifs is 1. The molecule has 1 heterocycles. The fraction of sp³-hybridized carbons (Fsp3) is 1.00. The number of rotatable bonds is 1. The highest BCUT2D eigenvalue weighted by atomic mass is 32.2. The zero-order chi connectivity index (χ0) is 10.3. The smallest absolute Gasteiger partial charge is 0.211 e. The van der Waals surface area contributed by atoms with Gasteiger partial charge in [0.1, 0.15) is 0 Å². The van der Waals surface area contributed by atoms with Crippen molar-refractivity contribution in [3.05, 3.63) is 0 Å². The summed E-state index contributed by atoms with van der Waals surface area (Å²) in [7, 11) is -2.91. The molecule has 1 saturated heterocycles. The third kappa shape index (κ3) is 2.05. The van der Waals surface area contributed by atoms with Crippen molar-refractivity contribution in [2.45, 2.75) is 27.2 Å². The van der Waals surface area contributed by atoms with E-state index in [1.54, 1.807) is 4.31 Å². The van der Waals surface area contributed by atoms with Crippen molar-refractivity contribution in [1.82, 2.24) is 4.31 Å². The van der Waals surface area contributed by atoms with Crippen LogP contribution in [-0.4, -0.2) is 32.1 Å². The Hall–Kier alpha value is -0.0900. The molecule has 0 aromatic heterocycles. The molecule has 2 aliphatic rings. The van der Waals surface area contributed by atoms with Crippen LogP contribution < -0.4 is 0 Å². The van der Waals surface area contributed by atoms with Crippen LogP contribution in [-0.2, 0) is 10.0 Å². The molecule has 13 heavy (non-hydrogen) atoms. The number of nitrogens with zero attached hydrogens (tertiary/aromatic N) is 1. The van der Waals surface area contributed by atoms with Gasteiger partial charge in [-0.25, -0.2) is 12.7 Å². The average Bonchev–Trinajstić information content (AvgIpc) is 2.53. The van der Waals surface area contributed by atoms with Crippen LogP contribution in [0, 0.1) is 11.3 Å². The summed E-state index contributed by atoms with van der Waals surface area (Å²) >= 11 is 0. The van der Waals surface area contributed by atoms with Gasteiger partial charge >= 0.3 is 0 Å². The molecular weight excluding hydrogens is 186 g/mol. The monoisotopic (exact) mass is 205 g/mol. The van der Waals surface area contributed by atoms with E-state index in [0.29, 0.717) is 11.3 Å². The van der Waals surface area contributed by atoms with Gasteiger partial charge in [0.15, 0.2) is 0 Å². The molecule has 3 nitrogen and oxygen atoms in total. The van der Waals surface area contributed by atoms with Crippen LogP contribution in [0.2, 0.25) is 0 Å². The van der Waals surface area contributed by atoms with Gasteiger partial charge in [-0.05, 0) is 17.8 Å². The first kappa shape index (κ1) is 11.0. The second-order valence-corrected chi connectivity index (χ2v) is 6.09. The van der Waals surface area contributed by atoms with Crippen molar-refractivity contribution in [2.75, 3.05) is 19.3 Å². The lowest BCUT2D eigenvalue weighted by Crippen LogP contribution is -2.30. The topological polar surface area (TPSA) is 37.4 Å². The first-order chi connectivity index (χ1) is 5.92. The van der Waals surface area contributed by atoms with Crippen molar-refractivity contribution in [3.8, 4) is 0 Å². The molecule has 1 aliphatic carbocycles. The van der Waals surface area contributed by atoms with Crippen LogP contribution >= 0.6 is 0 Å². The Kier molecular flexibility index (Phi) is 2.74. The first-order valence-corrected chi connectivity index (χ1v) is 6.72. The largest absolute Gasteiger partial charge is 0.213 e. The van der Waals surface area contributed by atoms with Gasteiger partial charge in [-0.2, -0.15) is 0 Å². The summed E-state index contributed by atoms with van der Waals surface area (Å²) in [6.45, 7) is 7.68. The van der Waals surface area contributed by atoms with Crippen molar-refractivity contribution < 1.29 is 8.42 Å². The van der Waals surface area contributed by atoms with E-state index in [-0.39, 0.29) is 0 Å². The zero-order valence-electron chi connectivity index (χ0n) is 8.87. The van der Waals surface area contributed by atoms with E-state index in [2.05, 4.69) is 6.92 Å². The minimum absolute atomic E-state index is 0.336. The van der Waals surface area contributed by atoms with Crippen molar-refractivity contribution in [3.63, 3.8) is 0 Å². The molecular formula is C9H19NO2S. The molecule has 2 fully saturated rings. The average molecular weight is 205 g/mol. The highest BCUT2D eigenvalue weighted by molar-refractivity contribution is 7.88. The van der Waals surface area contributed by atoms with Crippen molar-refractivity contribution >= 4 is 10.0 Å². The van der Waals surface area contributed by atoms with E-state index in [1.165, 1.54) is 12.7 Å². The Morgan fingerprint density at radius 2 is 1.92 bits per heavy atom. The van der Waals surface area contributed by atoms with Gasteiger partial charge in [0.2, 0.25) is 10.0 Å². The standard InChI is InChI=1S/C7H13NO2S.C2H6/c1-7-3-6(7)4-8(5-7)11(2,9)10;1-2/h6H,3-5H2,1-2H3;1-2H3/t6-,7+;/m0./s1. The van der Waals surface area contributed by atoms with Gasteiger partial charge in [0.05, 0.1) is 6.26 Å². The molecule has 0 bridgehead atoms. The van der Waals surface area contributed by atoms with Crippen molar-refractivity contribution in [1.29, 1.82) is 0 Å². The second-order valence-electron chi connectivity index (χ2n) is 4.11. The molecule has 0 radical (unpaired) electrons. The van der Waals surface area contributed by atoms with Crippen LogP contribution in [0.25, 0.3) is 0 Å². The maximum Gasteiger partial charge on any atom is 0.211 e. The molecule has 4 heteroatoms. The van der Waals surface area contributed by atoms with Crippen LogP contribution in [0.15, 0.2) is 0 Å². The Morgan fingerprint density at radius 1 is 1.38 bits per heavy atom. The van der Waals surface area contributed by atoms with Gasteiger partial charge in [0.25, 0.3) is 0 Å². The fourth-order valence-corrected chi connectivity index (χ4v) is 2.93. The minimum atomic E-state index is -2.91. The summed E-state index contributed by atoms with van der Waals surface area (Å²) in [5, 5.41) is 0. The van der Waals surface area contributed by atoms with E-state index in [4.69, 9.17) is 0 Å². The maximum absolute atomic E-state index is 11.1. The second kappa shape index (κ2) is 3.24. The minimum Gasteiger partial charge on any atom is -0.213 e. The quantitative estimate of drug-likeness (QED) is 0.647. The maximum atomic E-state index is 11.1. The van der Waals surface area contributed by atoms with E-state index >= 15 is 0 Å². The molecule has 0 spiro atoms. The van der Waals surface area contributed by atoms with E-state index in [0.717, 1.165) is 13.1 Å². The third-order valence-corrected chi connectivity index (χ3v) is 4.18. The van der Waals surface area contributed by atoms with Gasteiger partial charge < -0.3 is 0 Å². The third-order valence-electron chi connectivity index (χ3n) is 2.97. The number of sulfonamides is 1. The number of hydrogen-bond donors (Lipinski definition) is 0. The van der Waals surface area contributed by atoms with Gasteiger partial charge in [-0.1, -0.05) is 20.8 Å². The normalized spacial score (nSPS) is 37.7. The molecule has 78 valence electrons. The van der Waals surface area contributed by atoms with Gasteiger partial charge in [0, 0.05) is 13.1 Å². The van der Waals surface area contributed by atoms with E-state index in [1.807, 2.05) is 13.8 Å². The lowest BCUT2D eigenvalue weighted by Gasteiger charge is -2.15. The summed E-state index contributed by atoms with van der Waals surface area (Å²) < 4.78 is 23.7. The first-order valence-electron chi connectivity index (χ1n) is 4.87. The van der Waals surface area contributed by atoms with Gasteiger partial charge in [-0.3, -0.25) is 0 Å². The predicted molar refractivity (Wildman–Crippen MR) is 54.0 cm³/mol. The fourth-order valence-electron chi connectivity index (χ4n) is 1.95. The molecule has 0 aromatic carbocycles. The lowest BCUT2D eigenvalue weighted by molar-refractivity contribution is 0.418. The Bertz CT molecular complexity index is 286. The number of hydrogen-bond acceptors (Lipinski definition) is 2. The highest BCUT2D eigenvalue weighted by Gasteiger charge is 2.57. The SMILES string of the molecule is CC.C[C@]12C[C@H]1CN(S(C)(=O)=O)C2. The lowest BCUT2D eigenvalue weighted by atomic mass is 10.1. The summed E-state index contributed by atoms with van der Waals surface area (Å²) in [5.41, 5.74) is 0.336. The van der Waals surface area contributed by atoms with Crippen LogP contribution in [0.5, 0.6) is 0 Å². The highest BCUT2D eigenvalue weighted by Crippen LogP contribution is 2.57. The van der Waals surface area contributed by atoms with Crippen LogP contribution in [0.3, 0.4) is 0 Å². The van der Waals surface area contributed by atoms with Gasteiger partial charge in [-0.15, -0.1) is 0 Å². The predicted octanol–water partition coefficient (Wildman–Crippen LogP) is 1.31. The molecule has 0 unspecified atom stereocenters. The zero-order valence-corrected chi connectivity index (χ0v) is 9.69. The Labute approximate surface area is 81.2 Å². The Balaban J connectivity index is 0.000000396. The van der Waals surface area contributed by atoms with E-state index < -0.39 is 10.0 Å². The number of piperidine rings is 1. The summed E-state index contributed by atoms with van der Waals surface area (Å²) in [5.74, 6) is 0.650. The van der Waals surface area contributed by atoms with E-state index in [9.17, 15) is 8.42 Å². The molecule has 0 N–H and O–H groups in total. The molecule has 0 aromatic rings. The molecule has 2 atom stereocenters. The summed E-state index contributed by atoms with van der Waals surface area (Å²) in [6, 6.07) is 0. The summed E-state index contributed by atoms with van der Waals surface area (Å²) in [6.07, 6.45) is 2.51. The molecule has 0 amide bonds. The summed E-state index contributed by atoms with van der Waals surface area (Å²) in [4.78, 5) is 0. The van der Waals surface area contributed by atoms with Crippen LogP contribution in [0.4, 0.5) is 0 Å². The molecule has 1 aliphatic heterocycles. The molecule has 2 rings (SSSR count).